The number of nitriles is 1. The Morgan fingerprint density at radius 2 is 1.60 bits per heavy atom. The molecule has 0 atom stereocenters. The van der Waals surface area contributed by atoms with Gasteiger partial charge in [0.2, 0.25) is 0 Å². The van der Waals surface area contributed by atoms with E-state index in [-0.39, 0.29) is 5.91 Å². The molecule has 0 saturated heterocycles. The number of hydrogen-bond acceptors (Lipinski definition) is 3. The van der Waals surface area contributed by atoms with Gasteiger partial charge in [0.05, 0.1) is 17.2 Å². The number of nitrogens with zero attached hydrogens (tertiary/aromatic N) is 1. The summed E-state index contributed by atoms with van der Waals surface area (Å²) in [6.45, 7) is 0. The lowest BCUT2D eigenvalue weighted by Crippen LogP contribution is -2.12. The molecule has 3 aromatic carbocycles. The second kappa shape index (κ2) is 7.65. The molecule has 0 saturated carbocycles. The first-order chi connectivity index (χ1) is 12.2. The highest BCUT2D eigenvalue weighted by molar-refractivity contribution is 9.10. The molecule has 3 rings (SSSR count). The van der Waals surface area contributed by atoms with Crippen molar-refractivity contribution < 1.29 is 4.79 Å². The first-order valence-electron chi connectivity index (χ1n) is 7.59. The third-order valence-corrected chi connectivity index (χ3v) is 4.23. The summed E-state index contributed by atoms with van der Waals surface area (Å²) in [5.74, 6) is -0.171. The Hall–Kier alpha value is -3.10. The van der Waals surface area contributed by atoms with Crippen molar-refractivity contribution in [3.63, 3.8) is 0 Å². The van der Waals surface area contributed by atoms with E-state index in [4.69, 9.17) is 5.26 Å². The van der Waals surface area contributed by atoms with Gasteiger partial charge in [-0.2, -0.15) is 5.26 Å². The van der Waals surface area contributed by atoms with E-state index in [0.29, 0.717) is 16.8 Å². The maximum atomic E-state index is 12.3. The number of benzene rings is 3. The normalized spacial score (nSPS) is 9.92. The number of hydrogen-bond donors (Lipinski definition) is 2. The van der Waals surface area contributed by atoms with Crippen LogP contribution in [0, 0.1) is 11.3 Å². The summed E-state index contributed by atoms with van der Waals surface area (Å²) in [5, 5.41) is 15.0. The smallest absolute Gasteiger partial charge is 0.256 e. The molecule has 3 aromatic rings. The molecule has 0 aliphatic rings. The standard InChI is InChI=1S/C20H14BrN3O/c21-19-7-2-1-6-18(19)20(25)24-16-10-8-15(9-11-16)23-17-5-3-4-14(12-17)13-22/h1-12,23H,(H,24,25). The predicted molar refractivity (Wildman–Crippen MR) is 103 cm³/mol. The number of anilines is 3. The van der Waals surface area contributed by atoms with Crippen LogP contribution in [0.25, 0.3) is 0 Å². The van der Waals surface area contributed by atoms with E-state index in [2.05, 4.69) is 32.6 Å². The Morgan fingerprint density at radius 1 is 0.880 bits per heavy atom. The Kier molecular flexibility index (Phi) is 5.12. The van der Waals surface area contributed by atoms with Gasteiger partial charge in [0.15, 0.2) is 0 Å². The Labute approximate surface area is 154 Å². The first-order valence-corrected chi connectivity index (χ1v) is 8.38. The van der Waals surface area contributed by atoms with Crippen LogP contribution in [0.1, 0.15) is 15.9 Å². The summed E-state index contributed by atoms with van der Waals surface area (Å²) in [6, 6.07) is 24.0. The lowest BCUT2D eigenvalue weighted by atomic mass is 10.2. The molecule has 5 heteroatoms. The van der Waals surface area contributed by atoms with Gasteiger partial charge in [0, 0.05) is 21.5 Å². The van der Waals surface area contributed by atoms with Crippen molar-refractivity contribution in [2.45, 2.75) is 0 Å². The zero-order valence-corrected chi connectivity index (χ0v) is 14.7. The Balaban J connectivity index is 1.69. The van der Waals surface area contributed by atoms with Crippen LogP contribution in [0.2, 0.25) is 0 Å². The SMILES string of the molecule is N#Cc1cccc(Nc2ccc(NC(=O)c3ccccc3Br)cc2)c1. The van der Waals surface area contributed by atoms with Crippen molar-refractivity contribution in [3.05, 3.63) is 88.4 Å². The van der Waals surface area contributed by atoms with Crippen molar-refractivity contribution in [1.29, 1.82) is 5.26 Å². The molecule has 122 valence electrons. The van der Waals surface area contributed by atoms with Crippen LogP contribution in [0.15, 0.2) is 77.3 Å². The third kappa shape index (κ3) is 4.25. The minimum Gasteiger partial charge on any atom is -0.355 e. The van der Waals surface area contributed by atoms with Gasteiger partial charge < -0.3 is 10.6 Å². The van der Waals surface area contributed by atoms with Crippen molar-refractivity contribution in [1.82, 2.24) is 0 Å². The third-order valence-electron chi connectivity index (χ3n) is 3.54. The first kappa shape index (κ1) is 16.7. The van der Waals surface area contributed by atoms with Gasteiger partial charge in [0.1, 0.15) is 0 Å². The summed E-state index contributed by atoms with van der Waals surface area (Å²) in [4.78, 5) is 12.3. The molecule has 2 N–H and O–H groups in total. The predicted octanol–water partition coefficient (Wildman–Crippen LogP) is 5.32. The molecule has 25 heavy (non-hydrogen) atoms. The number of carbonyl (C=O) groups excluding carboxylic acids is 1. The van der Waals surface area contributed by atoms with Crippen molar-refractivity contribution >= 4 is 38.9 Å². The summed E-state index contributed by atoms with van der Waals surface area (Å²) < 4.78 is 0.753. The van der Waals surface area contributed by atoms with Crippen molar-refractivity contribution in [2.75, 3.05) is 10.6 Å². The van der Waals surface area contributed by atoms with E-state index in [1.165, 1.54) is 0 Å². The van der Waals surface area contributed by atoms with Gasteiger partial charge in [0.25, 0.3) is 5.91 Å². The molecule has 0 aliphatic carbocycles. The molecule has 0 aliphatic heterocycles. The van der Waals surface area contributed by atoms with Crippen molar-refractivity contribution in [2.24, 2.45) is 0 Å². The summed E-state index contributed by atoms with van der Waals surface area (Å²) in [7, 11) is 0. The van der Waals surface area contributed by atoms with Crippen LogP contribution < -0.4 is 10.6 Å². The molecule has 0 fully saturated rings. The highest BCUT2D eigenvalue weighted by Gasteiger charge is 2.09. The molecule has 0 spiro atoms. The molecule has 0 unspecified atom stereocenters. The van der Waals surface area contributed by atoms with Gasteiger partial charge in [-0.25, -0.2) is 0 Å². The highest BCUT2D eigenvalue weighted by atomic mass is 79.9. The van der Waals surface area contributed by atoms with Gasteiger partial charge in [-0.15, -0.1) is 0 Å². The molecular formula is C20H14BrN3O. The van der Waals surface area contributed by atoms with Crippen molar-refractivity contribution in [3.8, 4) is 6.07 Å². The lowest BCUT2D eigenvalue weighted by molar-refractivity contribution is 0.102. The average molecular weight is 392 g/mol. The second-order valence-electron chi connectivity index (χ2n) is 5.33. The van der Waals surface area contributed by atoms with E-state index >= 15 is 0 Å². The Morgan fingerprint density at radius 3 is 2.32 bits per heavy atom. The molecule has 0 bridgehead atoms. The van der Waals surface area contributed by atoms with E-state index in [9.17, 15) is 4.79 Å². The molecule has 0 radical (unpaired) electrons. The largest absolute Gasteiger partial charge is 0.355 e. The summed E-state index contributed by atoms with van der Waals surface area (Å²) >= 11 is 3.38. The van der Waals surface area contributed by atoms with Crippen LogP contribution in [-0.4, -0.2) is 5.91 Å². The van der Waals surface area contributed by atoms with E-state index in [1.807, 2.05) is 54.6 Å². The van der Waals surface area contributed by atoms with Gasteiger partial charge >= 0.3 is 0 Å². The quantitative estimate of drug-likeness (QED) is 0.632. The lowest BCUT2D eigenvalue weighted by Gasteiger charge is -2.09. The van der Waals surface area contributed by atoms with E-state index < -0.39 is 0 Å². The molecule has 1 amide bonds. The minimum absolute atomic E-state index is 0.171. The summed E-state index contributed by atoms with van der Waals surface area (Å²) in [6.07, 6.45) is 0. The van der Waals surface area contributed by atoms with Gasteiger partial charge in [-0.05, 0) is 70.5 Å². The summed E-state index contributed by atoms with van der Waals surface area (Å²) in [5.41, 5.74) is 3.59. The van der Waals surface area contributed by atoms with Crippen LogP contribution >= 0.6 is 15.9 Å². The zero-order valence-electron chi connectivity index (χ0n) is 13.2. The number of carbonyl (C=O) groups is 1. The maximum Gasteiger partial charge on any atom is 0.256 e. The van der Waals surface area contributed by atoms with Crippen LogP contribution in [0.3, 0.4) is 0 Å². The minimum atomic E-state index is -0.171. The fraction of sp³-hybridized carbons (Fsp3) is 0. The maximum absolute atomic E-state index is 12.3. The monoisotopic (exact) mass is 391 g/mol. The molecule has 0 aromatic heterocycles. The van der Waals surface area contributed by atoms with Gasteiger partial charge in [-0.3, -0.25) is 4.79 Å². The van der Waals surface area contributed by atoms with Crippen LogP contribution in [0.5, 0.6) is 0 Å². The van der Waals surface area contributed by atoms with E-state index in [1.54, 1.807) is 18.2 Å². The molecule has 4 nitrogen and oxygen atoms in total. The zero-order chi connectivity index (χ0) is 17.6. The highest BCUT2D eigenvalue weighted by Crippen LogP contribution is 2.21. The molecular weight excluding hydrogens is 378 g/mol. The van der Waals surface area contributed by atoms with Gasteiger partial charge in [-0.1, -0.05) is 18.2 Å². The van der Waals surface area contributed by atoms with E-state index in [0.717, 1.165) is 15.8 Å². The number of amides is 1. The topological polar surface area (TPSA) is 64.9 Å². The number of halogens is 1. The molecule has 0 heterocycles. The van der Waals surface area contributed by atoms with Crippen LogP contribution in [0.4, 0.5) is 17.1 Å². The Bertz CT molecular complexity index is 946. The van der Waals surface area contributed by atoms with Crippen LogP contribution in [-0.2, 0) is 0 Å². The number of rotatable bonds is 4. The fourth-order valence-corrected chi connectivity index (χ4v) is 2.78. The number of nitrogens with one attached hydrogen (secondary N) is 2. The fourth-order valence-electron chi connectivity index (χ4n) is 2.31. The second-order valence-corrected chi connectivity index (χ2v) is 6.18. The average Bonchev–Trinajstić information content (AvgIpc) is 2.64.